The number of aromatic nitrogens is 1. The van der Waals surface area contributed by atoms with Gasteiger partial charge in [0, 0.05) is 11.3 Å². The van der Waals surface area contributed by atoms with Gasteiger partial charge >= 0.3 is 11.9 Å². The molecule has 2 unspecified atom stereocenters. The lowest BCUT2D eigenvalue weighted by Crippen LogP contribution is -2.56. The quantitative estimate of drug-likeness (QED) is 0.180. The Bertz CT molecular complexity index is 865. The van der Waals surface area contributed by atoms with Gasteiger partial charge in [-0.1, -0.05) is 19.9 Å². The van der Waals surface area contributed by atoms with Gasteiger partial charge < -0.3 is 26.2 Å². The first-order valence-electron chi connectivity index (χ1n) is 10.3. The van der Waals surface area contributed by atoms with Gasteiger partial charge in [-0.15, -0.1) is 22.9 Å². The van der Waals surface area contributed by atoms with Crippen LogP contribution in [0.3, 0.4) is 0 Å². The number of carbonyl (C=O) groups excluding carboxylic acids is 3. The monoisotopic (exact) mass is 502 g/mol. The number of alkyl halides is 1. The van der Waals surface area contributed by atoms with Gasteiger partial charge in [0.2, 0.25) is 11.8 Å². The number of esters is 1. The molecule has 184 valence electrons. The average molecular weight is 503 g/mol. The lowest BCUT2D eigenvalue weighted by Gasteiger charge is -2.26. The zero-order valence-corrected chi connectivity index (χ0v) is 20.7. The molecule has 0 fully saturated rings. The Hall–Kier alpha value is -2.50. The van der Waals surface area contributed by atoms with E-state index in [0.717, 1.165) is 11.3 Å². The standard InChI is InChI=1S/C21H31ClN4O6S/c1-12(2)17(26-20(31)21(3,4)23)19(30)32-13(7-5-6-8-22)9-15(27)24-10-16-25-14(11-33-16)18(28)29/h5,7,11-13,17H,6,8-10,23H2,1-4H3,(H,24,27)(H,26,31)(H,28,29). The summed E-state index contributed by atoms with van der Waals surface area (Å²) in [4.78, 5) is 52.2. The van der Waals surface area contributed by atoms with Gasteiger partial charge in [0.1, 0.15) is 17.2 Å². The van der Waals surface area contributed by atoms with Crippen LogP contribution in [0.5, 0.6) is 0 Å². The van der Waals surface area contributed by atoms with Crippen LogP contribution >= 0.6 is 22.9 Å². The van der Waals surface area contributed by atoms with Crippen molar-refractivity contribution in [3.05, 3.63) is 28.2 Å². The summed E-state index contributed by atoms with van der Waals surface area (Å²) in [6.07, 6.45) is 2.71. The summed E-state index contributed by atoms with van der Waals surface area (Å²) in [5.41, 5.74) is 4.53. The van der Waals surface area contributed by atoms with Crippen LogP contribution in [-0.4, -0.2) is 57.4 Å². The van der Waals surface area contributed by atoms with E-state index < -0.39 is 41.4 Å². The normalized spacial score (nSPS) is 13.5. The van der Waals surface area contributed by atoms with Crippen molar-refractivity contribution in [3.8, 4) is 0 Å². The maximum atomic E-state index is 12.8. The average Bonchev–Trinajstić information content (AvgIpc) is 3.18. The highest BCUT2D eigenvalue weighted by molar-refractivity contribution is 7.09. The number of nitrogens with two attached hydrogens (primary N) is 1. The van der Waals surface area contributed by atoms with E-state index in [4.69, 9.17) is 27.2 Å². The third-order valence-corrected chi connectivity index (χ3v) is 5.35. The van der Waals surface area contributed by atoms with E-state index in [1.807, 2.05) is 0 Å². The van der Waals surface area contributed by atoms with Gasteiger partial charge in [-0.05, 0) is 32.3 Å². The molecule has 0 aliphatic carbocycles. The molecule has 0 spiro atoms. The minimum Gasteiger partial charge on any atom is -0.476 e. The molecule has 0 aliphatic heterocycles. The molecule has 12 heteroatoms. The van der Waals surface area contributed by atoms with Crippen molar-refractivity contribution in [3.63, 3.8) is 0 Å². The minimum absolute atomic E-state index is 0.0408. The first-order valence-corrected chi connectivity index (χ1v) is 11.7. The van der Waals surface area contributed by atoms with Crippen molar-refractivity contribution in [1.29, 1.82) is 0 Å². The molecule has 1 heterocycles. The van der Waals surface area contributed by atoms with Crippen LogP contribution in [-0.2, 0) is 25.7 Å². The van der Waals surface area contributed by atoms with Crippen LogP contribution in [0.15, 0.2) is 17.5 Å². The van der Waals surface area contributed by atoms with E-state index in [1.54, 1.807) is 26.0 Å². The maximum absolute atomic E-state index is 12.8. The number of aromatic carboxylic acids is 1. The third kappa shape index (κ3) is 10.3. The van der Waals surface area contributed by atoms with Gasteiger partial charge in [-0.2, -0.15) is 0 Å². The Morgan fingerprint density at radius 2 is 2.00 bits per heavy atom. The molecule has 33 heavy (non-hydrogen) atoms. The fourth-order valence-corrected chi connectivity index (χ4v) is 3.26. The predicted octanol–water partition coefficient (Wildman–Crippen LogP) is 1.82. The van der Waals surface area contributed by atoms with Crippen molar-refractivity contribution in [2.75, 3.05) is 5.88 Å². The highest BCUT2D eigenvalue weighted by Gasteiger charge is 2.32. The molecular formula is C21H31ClN4O6S. The summed E-state index contributed by atoms with van der Waals surface area (Å²) in [5, 5.41) is 16.0. The summed E-state index contributed by atoms with van der Waals surface area (Å²) in [5.74, 6) is -2.70. The highest BCUT2D eigenvalue weighted by atomic mass is 35.5. The van der Waals surface area contributed by atoms with Crippen LogP contribution in [0.25, 0.3) is 0 Å². The maximum Gasteiger partial charge on any atom is 0.355 e. The molecule has 0 saturated heterocycles. The molecule has 0 aromatic carbocycles. The van der Waals surface area contributed by atoms with E-state index >= 15 is 0 Å². The number of nitrogens with one attached hydrogen (secondary N) is 2. The highest BCUT2D eigenvalue weighted by Crippen LogP contribution is 2.12. The Balaban J connectivity index is 2.81. The van der Waals surface area contributed by atoms with E-state index in [9.17, 15) is 19.2 Å². The molecule has 0 aliphatic rings. The van der Waals surface area contributed by atoms with Crippen LogP contribution < -0.4 is 16.4 Å². The van der Waals surface area contributed by atoms with Gasteiger partial charge in [-0.3, -0.25) is 9.59 Å². The van der Waals surface area contributed by atoms with Crippen molar-refractivity contribution >= 4 is 46.7 Å². The van der Waals surface area contributed by atoms with Crippen molar-refractivity contribution in [2.45, 2.75) is 64.8 Å². The number of hydrogen-bond donors (Lipinski definition) is 4. The molecular weight excluding hydrogens is 472 g/mol. The number of amides is 2. The third-order valence-electron chi connectivity index (χ3n) is 4.28. The summed E-state index contributed by atoms with van der Waals surface area (Å²) in [6.45, 7) is 6.59. The number of halogens is 1. The zero-order valence-electron chi connectivity index (χ0n) is 19.1. The Labute approximate surface area is 201 Å². The number of carbonyl (C=O) groups is 4. The first kappa shape index (κ1) is 28.5. The molecule has 0 bridgehead atoms. The predicted molar refractivity (Wildman–Crippen MR) is 125 cm³/mol. The first-order chi connectivity index (χ1) is 15.3. The van der Waals surface area contributed by atoms with Gasteiger partial charge in [0.05, 0.1) is 18.5 Å². The van der Waals surface area contributed by atoms with Gasteiger partial charge in [0.15, 0.2) is 5.69 Å². The molecule has 1 rings (SSSR count). The van der Waals surface area contributed by atoms with Crippen molar-refractivity contribution < 1.29 is 29.0 Å². The summed E-state index contributed by atoms with van der Waals surface area (Å²) in [7, 11) is 0. The molecule has 10 nitrogen and oxygen atoms in total. The smallest absolute Gasteiger partial charge is 0.355 e. The number of nitrogens with zero attached hydrogens (tertiary/aromatic N) is 1. The summed E-state index contributed by atoms with van der Waals surface area (Å²) in [6, 6.07) is -0.947. The number of carboxylic acids is 1. The largest absolute Gasteiger partial charge is 0.476 e. The fourth-order valence-electron chi connectivity index (χ4n) is 2.43. The molecule has 2 atom stereocenters. The molecule has 0 radical (unpaired) electrons. The van der Waals surface area contributed by atoms with Gasteiger partial charge in [0.25, 0.3) is 0 Å². The Morgan fingerprint density at radius 3 is 2.52 bits per heavy atom. The number of allylic oxidation sites excluding steroid dienone is 1. The van der Waals surface area contributed by atoms with Crippen molar-refractivity contribution in [1.82, 2.24) is 15.6 Å². The Morgan fingerprint density at radius 1 is 1.33 bits per heavy atom. The van der Waals surface area contributed by atoms with Crippen molar-refractivity contribution in [2.24, 2.45) is 11.7 Å². The van der Waals surface area contributed by atoms with Gasteiger partial charge in [-0.25, -0.2) is 14.6 Å². The van der Waals surface area contributed by atoms with Crippen LogP contribution in [0.4, 0.5) is 0 Å². The van der Waals surface area contributed by atoms with E-state index in [2.05, 4.69) is 15.6 Å². The van der Waals surface area contributed by atoms with E-state index in [1.165, 1.54) is 19.2 Å². The lowest BCUT2D eigenvalue weighted by molar-refractivity contribution is -0.153. The fraction of sp³-hybridized carbons (Fsp3) is 0.571. The second-order valence-electron chi connectivity index (χ2n) is 8.21. The number of hydrogen-bond acceptors (Lipinski definition) is 8. The zero-order chi connectivity index (χ0) is 25.2. The molecule has 1 aromatic heterocycles. The molecule has 5 N–H and O–H groups in total. The second kappa shape index (κ2) is 13.3. The molecule has 1 aromatic rings. The topological polar surface area (TPSA) is 161 Å². The second-order valence-corrected chi connectivity index (χ2v) is 9.53. The number of carboxylic acid groups (broad SMARTS) is 1. The lowest BCUT2D eigenvalue weighted by atomic mass is 10.0. The van der Waals surface area contributed by atoms with Crippen LogP contribution in [0.1, 0.15) is 56.0 Å². The number of rotatable bonds is 13. The van der Waals surface area contributed by atoms with Crippen LogP contribution in [0, 0.1) is 5.92 Å². The van der Waals surface area contributed by atoms with E-state index in [-0.39, 0.29) is 24.6 Å². The number of ether oxygens (including phenoxy) is 1. The summed E-state index contributed by atoms with van der Waals surface area (Å²) >= 11 is 6.79. The Kier molecular flexibility index (Phi) is 11.5. The summed E-state index contributed by atoms with van der Waals surface area (Å²) < 4.78 is 5.52. The molecule has 2 amide bonds. The minimum atomic E-state index is -1.18. The van der Waals surface area contributed by atoms with E-state index in [0.29, 0.717) is 17.3 Å². The van der Waals surface area contributed by atoms with Crippen LogP contribution in [0.2, 0.25) is 0 Å². The SMILES string of the molecule is CC(C)C(NC(=O)C(C)(C)N)C(=O)OC(C=CCCCl)CC(=O)NCc1nc(C(=O)O)cs1. The molecule has 0 saturated carbocycles. The number of thiazole rings is 1.